The van der Waals surface area contributed by atoms with Crippen molar-refractivity contribution in [1.82, 2.24) is 4.90 Å². The molecule has 1 aliphatic heterocycles. The summed E-state index contributed by atoms with van der Waals surface area (Å²) >= 11 is 0. The van der Waals surface area contributed by atoms with Crippen molar-refractivity contribution in [3.8, 4) is 0 Å². The summed E-state index contributed by atoms with van der Waals surface area (Å²) in [5.74, 6) is 0. The maximum Gasteiger partial charge on any atom is 0.0558 e. The van der Waals surface area contributed by atoms with Crippen LogP contribution in [0.25, 0.3) is 0 Å². The molecule has 0 bridgehead atoms. The molecule has 1 saturated heterocycles. The summed E-state index contributed by atoms with van der Waals surface area (Å²) in [7, 11) is 0. The van der Waals surface area contributed by atoms with Crippen LogP contribution in [0.4, 0.5) is 0 Å². The Morgan fingerprint density at radius 2 is 1.80 bits per heavy atom. The Bertz CT molecular complexity index is 165. The average Bonchev–Trinajstić information content (AvgIpc) is 2.68. The highest BCUT2D eigenvalue weighted by Gasteiger charge is 2.35. The Morgan fingerprint density at radius 1 is 1.13 bits per heavy atom. The minimum atomic E-state index is -0.204. The predicted molar refractivity (Wildman–Crippen MR) is 55.6 cm³/mol. The molecule has 1 heterocycles. The van der Waals surface area contributed by atoms with Crippen molar-refractivity contribution >= 4 is 0 Å². The fraction of sp³-hybridized carbons (Fsp3) is 1.00. The molecule has 0 aromatic carbocycles. The molecule has 0 aliphatic carbocycles. The Hall–Kier alpha value is -0.200. The monoisotopic (exact) mass is 219 g/mol. The van der Waals surface area contributed by atoms with Crippen LogP contribution >= 0.6 is 0 Å². The maximum absolute atomic E-state index is 9.37. The molecular formula is C10H21NO4. The number of nitrogens with zero attached hydrogens (tertiary/aromatic N) is 1. The second-order valence-corrected chi connectivity index (χ2v) is 4.18. The molecule has 90 valence electrons. The Kier molecular flexibility index (Phi) is 5.49. The first-order valence-electron chi connectivity index (χ1n) is 5.39. The van der Waals surface area contributed by atoms with Crippen LogP contribution in [0.15, 0.2) is 0 Å². The quantitative estimate of drug-likeness (QED) is 0.495. The van der Waals surface area contributed by atoms with Gasteiger partial charge in [-0.25, -0.2) is 0 Å². The van der Waals surface area contributed by atoms with Crippen LogP contribution in [0.5, 0.6) is 0 Å². The van der Waals surface area contributed by atoms with Crippen LogP contribution in [-0.4, -0.2) is 72.9 Å². The molecule has 5 nitrogen and oxygen atoms in total. The normalized spacial score (nSPS) is 26.4. The fourth-order valence-corrected chi connectivity index (χ4v) is 1.98. The molecule has 0 aromatic heterocycles. The second-order valence-electron chi connectivity index (χ2n) is 4.18. The van der Waals surface area contributed by atoms with E-state index < -0.39 is 0 Å². The number of hydrogen-bond acceptors (Lipinski definition) is 5. The first-order valence-corrected chi connectivity index (χ1v) is 5.39. The zero-order chi connectivity index (χ0) is 11.1. The highest BCUT2D eigenvalue weighted by Crippen LogP contribution is 2.28. The number of aliphatic hydroxyl groups is 3. The van der Waals surface area contributed by atoms with E-state index in [9.17, 15) is 5.11 Å². The zero-order valence-corrected chi connectivity index (χ0v) is 9.06. The first-order chi connectivity index (χ1) is 7.26. The molecule has 1 fully saturated rings. The lowest BCUT2D eigenvalue weighted by atomic mass is 9.87. The number of hydrogen-bond donors (Lipinski definition) is 3. The van der Waals surface area contributed by atoms with Crippen molar-refractivity contribution in [1.29, 1.82) is 0 Å². The predicted octanol–water partition coefficient (Wildman–Crippen LogP) is -1.33. The van der Waals surface area contributed by atoms with E-state index in [1.54, 1.807) is 0 Å². The van der Waals surface area contributed by atoms with Crippen molar-refractivity contribution in [2.45, 2.75) is 6.42 Å². The van der Waals surface area contributed by atoms with Crippen LogP contribution in [0.2, 0.25) is 0 Å². The molecule has 1 atom stereocenters. The molecule has 15 heavy (non-hydrogen) atoms. The van der Waals surface area contributed by atoms with Gasteiger partial charge in [-0.3, -0.25) is 4.90 Å². The average molecular weight is 219 g/mol. The molecular weight excluding hydrogens is 198 g/mol. The summed E-state index contributed by atoms with van der Waals surface area (Å²) in [4.78, 5) is 1.96. The molecule has 0 spiro atoms. The van der Waals surface area contributed by atoms with Gasteiger partial charge >= 0.3 is 0 Å². The molecule has 0 saturated carbocycles. The van der Waals surface area contributed by atoms with Gasteiger partial charge in [-0.1, -0.05) is 0 Å². The molecule has 1 aliphatic rings. The lowest BCUT2D eigenvalue weighted by Gasteiger charge is -2.32. The number of rotatable bonds is 7. The van der Waals surface area contributed by atoms with E-state index in [1.165, 1.54) is 0 Å². The molecule has 3 N–H and O–H groups in total. The zero-order valence-electron chi connectivity index (χ0n) is 9.06. The van der Waals surface area contributed by atoms with Gasteiger partial charge in [0.25, 0.3) is 0 Å². The van der Waals surface area contributed by atoms with Gasteiger partial charge in [-0.05, 0) is 6.42 Å². The molecule has 1 rings (SSSR count). The van der Waals surface area contributed by atoms with Crippen LogP contribution < -0.4 is 0 Å². The minimum Gasteiger partial charge on any atom is -0.396 e. The topological polar surface area (TPSA) is 73.2 Å². The van der Waals surface area contributed by atoms with Crippen molar-refractivity contribution in [3.05, 3.63) is 0 Å². The highest BCUT2D eigenvalue weighted by atomic mass is 16.5. The van der Waals surface area contributed by atoms with Crippen LogP contribution in [-0.2, 0) is 4.74 Å². The molecule has 0 amide bonds. The SMILES string of the molecule is OCCN(CCO)CC1(CO)CCOC1. The Morgan fingerprint density at radius 3 is 2.20 bits per heavy atom. The van der Waals surface area contributed by atoms with Crippen LogP contribution in [0, 0.1) is 5.41 Å². The first kappa shape index (κ1) is 12.9. The highest BCUT2D eigenvalue weighted by molar-refractivity contribution is 4.85. The Labute approximate surface area is 90.3 Å². The summed E-state index contributed by atoms with van der Waals surface area (Å²) in [6.45, 7) is 3.23. The lowest BCUT2D eigenvalue weighted by molar-refractivity contribution is 0.0446. The van der Waals surface area contributed by atoms with E-state index in [0.717, 1.165) is 6.42 Å². The van der Waals surface area contributed by atoms with Gasteiger partial charge < -0.3 is 20.1 Å². The van der Waals surface area contributed by atoms with E-state index in [0.29, 0.717) is 32.8 Å². The smallest absolute Gasteiger partial charge is 0.0558 e. The van der Waals surface area contributed by atoms with Gasteiger partial charge in [0, 0.05) is 31.7 Å². The summed E-state index contributed by atoms with van der Waals surface area (Å²) in [6.07, 6.45) is 0.844. The van der Waals surface area contributed by atoms with Crippen LogP contribution in [0.3, 0.4) is 0 Å². The third-order valence-electron chi connectivity index (χ3n) is 2.91. The third-order valence-corrected chi connectivity index (χ3v) is 2.91. The van der Waals surface area contributed by atoms with Gasteiger partial charge in [0.2, 0.25) is 0 Å². The van der Waals surface area contributed by atoms with E-state index in [2.05, 4.69) is 0 Å². The molecule has 0 aromatic rings. The van der Waals surface area contributed by atoms with E-state index in [1.807, 2.05) is 4.90 Å². The maximum atomic E-state index is 9.37. The Balaban J connectivity index is 2.46. The van der Waals surface area contributed by atoms with Gasteiger partial charge in [0.05, 0.1) is 26.4 Å². The fourth-order valence-electron chi connectivity index (χ4n) is 1.98. The van der Waals surface area contributed by atoms with E-state index in [-0.39, 0.29) is 25.2 Å². The van der Waals surface area contributed by atoms with Crippen LogP contribution in [0.1, 0.15) is 6.42 Å². The van der Waals surface area contributed by atoms with Gasteiger partial charge in [-0.2, -0.15) is 0 Å². The minimum absolute atomic E-state index is 0.0718. The van der Waals surface area contributed by atoms with E-state index >= 15 is 0 Å². The van der Waals surface area contributed by atoms with Gasteiger partial charge in [0.1, 0.15) is 0 Å². The lowest BCUT2D eigenvalue weighted by Crippen LogP contribution is -2.43. The summed E-state index contributed by atoms with van der Waals surface area (Å²) < 4.78 is 5.30. The summed E-state index contributed by atoms with van der Waals surface area (Å²) in [6, 6.07) is 0. The van der Waals surface area contributed by atoms with Crippen molar-refractivity contribution in [3.63, 3.8) is 0 Å². The van der Waals surface area contributed by atoms with Crippen molar-refractivity contribution in [2.24, 2.45) is 5.41 Å². The van der Waals surface area contributed by atoms with E-state index in [4.69, 9.17) is 14.9 Å². The van der Waals surface area contributed by atoms with Crippen molar-refractivity contribution < 1.29 is 20.1 Å². The second kappa shape index (κ2) is 6.40. The van der Waals surface area contributed by atoms with Gasteiger partial charge in [-0.15, -0.1) is 0 Å². The number of ether oxygens (including phenoxy) is 1. The molecule has 0 radical (unpaired) electrons. The third kappa shape index (κ3) is 3.70. The molecule has 1 unspecified atom stereocenters. The summed E-state index contributed by atoms with van der Waals surface area (Å²) in [5.41, 5.74) is -0.204. The standard InChI is InChI=1S/C10H21NO4/c12-4-2-11(3-5-13)7-10(8-14)1-6-15-9-10/h12-14H,1-9H2. The molecule has 5 heteroatoms. The number of aliphatic hydroxyl groups excluding tert-OH is 3. The van der Waals surface area contributed by atoms with Crippen molar-refractivity contribution in [2.75, 3.05) is 52.7 Å². The summed E-state index contributed by atoms with van der Waals surface area (Å²) in [5, 5.41) is 27.1. The largest absolute Gasteiger partial charge is 0.396 e. The van der Waals surface area contributed by atoms with Gasteiger partial charge in [0.15, 0.2) is 0 Å².